The molecule has 2 heteroatoms. The number of rotatable bonds is 4. The van der Waals surface area contributed by atoms with E-state index in [1.165, 1.54) is 5.92 Å². The fourth-order valence-electron chi connectivity index (χ4n) is 0.765. The van der Waals surface area contributed by atoms with Crippen LogP contribution in [0, 0.1) is 11.8 Å². The first-order valence-electron chi connectivity index (χ1n) is 3.83. The van der Waals surface area contributed by atoms with Crippen molar-refractivity contribution < 1.29 is 0 Å². The highest BCUT2D eigenvalue weighted by Crippen LogP contribution is 2.10. The van der Waals surface area contributed by atoms with Gasteiger partial charge in [0.1, 0.15) is 0 Å². The highest BCUT2D eigenvalue weighted by molar-refractivity contribution is 4.91. The molecule has 0 saturated heterocycles. The third-order valence-corrected chi connectivity index (χ3v) is 1.80. The van der Waals surface area contributed by atoms with Crippen molar-refractivity contribution in [3.05, 3.63) is 5.92 Å². The molecule has 10 heavy (non-hydrogen) atoms. The molecule has 0 bridgehead atoms. The lowest BCUT2D eigenvalue weighted by molar-refractivity contribution is 0.479. The Kier molecular flexibility index (Phi) is 4.65. The largest absolute Gasteiger partial charge is 0.330 e. The van der Waals surface area contributed by atoms with E-state index in [0.717, 1.165) is 13.0 Å². The molecule has 2 nitrogen and oxygen atoms in total. The molecule has 61 valence electrons. The van der Waals surface area contributed by atoms with Gasteiger partial charge in [0.25, 0.3) is 0 Å². The SMILES string of the molecule is C[C](C)C(N)CC(C)CN. The Morgan fingerprint density at radius 2 is 1.90 bits per heavy atom. The quantitative estimate of drug-likeness (QED) is 0.614. The zero-order valence-electron chi connectivity index (χ0n) is 7.22. The lowest BCUT2D eigenvalue weighted by atomic mass is 9.95. The molecule has 4 N–H and O–H groups in total. The minimum Gasteiger partial charge on any atom is -0.330 e. The van der Waals surface area contributed by atoms with E-state index in [-0.39, 0.29) is 6.04 Å². The van der Waals surface area contributed by atoms with E-state index in [9.17, 15) is 0 Å². The van der Waals surface area contributed by atoms with Gasteiger partial charge in [-0.3, -0.25) is 0 Å². The van der Waals surface area contributed by atoms with Gasteiger partial charge in [-0.2, -0.15) is 0 Å². The summed E-state index contributed by atoms with van der Waals surface area (Å²) < 4.78 is 0. The third-order valence-electron chi connectivity index (χ3n) is 1.80. The average Bonchev–Trinajstić information content (AvgIpc) is 1.87. The van der Waals surface area contributed by atoms with Gasteiger partial charge >= 0.3 is 0 Å². The van der Waals surface area contributed by atoms with Crippen LogP contribution >= 0.6 is 0 Å². The predicted molar refractivity (Wildman–Crippen MR) is 45.4 cm³/mol. The normalized spacial score (nSPS) is 17.4. The second-order valence-corrected chi connectivity index (χ2v) is 3.26. The number of hydrogen-bond donors (Lipinski definition) is 2. The fraction of sp³-hybridized carbons (Fsp3) is 0.875. The summed E-state index contributed by atoms with van der Waals surface area (Å²) in [6.45, 7) is 6.99. The number of nitrogens with two attached hydrogens (primary N) is 2. The second kappa shape index (κ2) is 4.69. The van der Waals surface area contributed by atoms with Crippen molar-refractivity contribution in [1.29, 1.82) is 0 Å². The van der Waals surface area contributed by atoms with Gasteiger partial charge in [0.2, 0.25) is 0 Å². The summed E-state index contributed by atoms with van der Waals surface area (Å²) in [5.74, 6) is 1.84. The molecule has 0 aliphatic heterocycles. The molecule has 0 aromatic carbocycles. The molecular weight excluding hydrogens is 124 g/mol. The topological polar surface area (TPSA) is 52.0 Å². The van der Waals surface area contributed by atoms with Gasteiger partial charge in [0.05, 0.1) is 0 Å². The Balaban J connectivity index is 3.46. The number of hydrogen-bond acceptors (Lipinski definition) is 2. The van der Waals surface area contributed by atoms with Crippen LogP contribution in [0.15, 0.2) is 0 Å². The lowest BCUT2D eigenvalue weighted by Gasteiger charge is -2.18. The highest BCUT2D eigenvalue weighted by Gasteiger charge is 2.10. The van der Waals surface area contributed by atoms with Crippen LogP contribution in [-0.4, -0.2) is 12.6 Å². The maximum Gasteiger partial charge on any atom is 0.00989 e. The van der Waals surface area contributed by atoms with Crippen LogP contribution in [0.25, 0.3) is 0 Å². The maximum absolute atomic E-state index is 5.80. The molecule has 0 aliphatic rings. The Hall–Kier alpha value is -0.0800. The van der Waals surface area contributed by atoms with Crippen molar-refractivity contribution in [3.8, 4) is 0 Å². The average molecular weight is 143 g/mol. The summed E-state index contributed by atoms with van der Waals surface area (Å²) in [4.78, 5) is 0. The van der Waals surface area contributed by atoms with Gasteiger partial charge in [0.15, 0.2) is 0 Å². The van der Waals surface area contributed by atoms with Crippen molar-refractivity contribution >= 4 is 0 Å². The summed E-state index contributed by atoms with van der Waals surface area (Å²) in [6, 6.07) is 0.235. The van der Waals surface area contributed by atoms with Gasteiger partial charge in [-0.05, 0) is 24.8 Å². The molecule has 1 radical (unpaired) electrons. The first-order chi connectivity index (χ1) is 4.57. The molecule has 0 fully saturated rings. The molecule has 0 saturated carbocycles. The maximum atomic E-state index is 5.80. The Morgan fingerprint density at radius 1 is 1.40 bits per heavy atom. The van der Waals surface area contributed by atoms with Crippen molar-refractivity contribution in [1.82, 2.24) is 0 Å². The second-order valence-electron chi connectivity index (χ2n) is 3.26. The summed E-state index contributed by atoms with van der Waals surface area (Å²) >= 11 is 0. The first-order valence-corrected chi connectivity index (χ1v) is 3.83. The Labute approximate surface area is 64.0 Å². The summed E-state index contributed by atoms with van der Waals surface area (Å²) in [5.41, 5.74) is 11.3. The van der Waals surface area contributed by atoms with Crippen LogP contribution in [0.2, 0.25) is 0 Å². The highest BCUT2D eigenvalue weighted by atomic mass is 14.6. The van der Waals surface area contributed by atoms with E-state index in [2.05, 4.69) is 20.8 Å². The zero-order valence-corrected chi connectivity index (χ0v) is 7.22. The van der Waals surface area contributed by atoms with Crippen LogP contribution < -0.4 is 11.5 Å². The van der Waals surface area contributed by atoms with Crippen LogP contribution in [0.3, 0.4) is 0 Å². The molecule has 2 atom stereocenters. The first kappa shape index (κ1) is 9.92. The van der Waals surface area contributed by atoms with E-state index in [1.807, 2.05) is 0 Å². The van der Waals surface area contributed by atoms with E-state index < -0.39 is 0 Å². The van der Waals surface area contributed by atoms with Crippen LogP contribution in [-0.2, 0) is 0 Å². The van der Waals surface area contributed by atoms with E-state index in [0.29, 0.717) is 5.92 Å². The predicted octanol–water partition coefficient (Wildman–Crippen LogP) is 0.913. The smallest absolute Gasteiger partial charge is 0.00989 e. The van der Waals surface area contributed by atoms with Crippen molar-refractivity contribution in [2.24, 2.45) is 17.4 Å². The van der Waals surface area contributed by atoms with Crippen molar-refractivity contribution in [2.45, 2.75) is 33.2 Å². The summed E-state index contributed by atoms with van der Waals surface area (Å²) in [6.07, 6.45) is 1.01. The molecule has 0 amide bonds. The Morgan fingerprint density at radius 3 is 2.20 bits per heavy atom. The molecule has 0 aliphatic carbocycles. The van der Waals surface area contributed by atoms with Gasteiger partial charge in [-0.1, -0.05) is 20.8 Å². The van der Waals surface area contributed by atoms with Gasteiger partial charge in [-0.25, -0.2) is 0 Å². The molecular formula is C8H19N2. The molecule has 0 rings (SSSR count). The van der Waals surface area contributed by atoms with Crippen LogP contribution in [0.1, 0.15) is 27.2 Å². The summed E-state index contributed by atoms with van der Waals surface area (Å²) in [5, 5.41) is 0. The van der Waals surface area contributed by atoms with Crippen LogP contribution in [0.5, 0.6) is 0 Å². The lowest BCUT2D eigenvalue weighted by Crippen LogP contribution is -2.29. The van der Waals surface area contributed by atoms with E-state index in [4.69, 9.17) is 11.5 Å². The minimum absolute atomic E-state index is 0.235. The molecule has 2 unspecified atom stereocenters. The van der Waals surface area contributed by atoms with Gasteiger partial charge in [0, 0.05) is 6.04 Å². The third kappa shape index (κ3) is 3.85. The van der Waals surface area contributed by atoms with Gasteiger partial charge < -0.3 is 11.5 Å². The van der Waals surface area contributed by atoms with Crippen molar-refractivity contribution in [2.75, 3.05) is 6.54 Å². The van der Waals surface area contributed by atoms with Gasteiger partial charge in [-0.15, -0.1) is 0 Å². The van der Waals surface area contributed by atoms with Crippen molar-refractivity contribution in [3.63, 3.8) is 0 Å². The molecule has 0 aromatic heterocycles. The van der Waals surface area contributed by atoms with E-state index in [1.54, 1.807) is 0 Å². The fourth-order valence-corrected chi connectivity index (χ4v) is 0.765. The molecule has 0 heterocycles. The Bertz CT molecular complexity index is 81.3. The summed E-state index contributed by atoms with van der Waals surface area (Å²) in [7, 11) is 0. The van der Waals surface area contributed by atoms with E-state index >= 15 is 0 Å². The minimum atomic E-state index is 0.235. The molecule has 0 spiro atoms. The zero-order chi connectivity index (χ0) is 8.15. The van der Waals surface area contributed by atoms with Crippen LogP contribution in [0.4, 0.5) is 0 Å². The monoisotopic (exact) mass is 143 g/mol. The molecule has 0 aromatic rings. The standard InChI is InChI=1S/C8H19N2/c1-6(2)8(10)4-7(3)5-9/h7-8H,4-5,9-10H2,1-3H3.